The van der Waals surface area contributed by atoms with Crippen molar-refractivity contribution < 1.29 is 14.3 Å². The first-order chi connectivity index (χ1) is 15.0. The number of halogens is 2. The van der Waals surface area contributed by atoms with Crippen LogP contribution in [0.2, 0.25) is 10.0 Å². The van der Waals surface area contributed by atoms with Crippen LogP contribution >= 0.6 is 23.2 Å². The van der Waals surface area contributed by atoms with E-state index >= 15 is 0 Å². The summed E-state index contributed by atoms with van der Waals surface area (Å²) in [5, 5.41) is 0.885. The van der Waals surface area contributed by atoms with Crippen molar-refractivity contribution in [3.63, 3.8) is 0 Å². The molecular formula is C26H32Cl2O3. The van der Waals surface area contributed by atoms with Gasteiger partial charge in [-0.1, -0.05) is 75.1 Å². The first kappa shape index (κ1) is 25.3. The van der Waals surface area contributed by atoms with Crippen LogP contribution in [0.1, 0.15) is 74.2 Å². The number of ether oxygens (including phenoxy) is 2. The maximum Gasteiger partial charge on any atom is 0.185 e. The molecule has 0 aliphatic carbocycles. The third kappa shape index (κ3) is 8.96. The number of ketones is 1. The Morgan fingerprint density at radius 1 is 0.935 bits per heavy atom. The monoisotopic (exact) mass is 462 g/mol. The molecule has 0 heterocycles. The zero-order valence-electron chi connectivity index (χ0n) is 18.5. The van der Waals surface area contributed by atoms with Gasteiger partial charge in [0.2, 0.25) is 0 Å². The lowest BCUT2D eigenvalue weighted by Gasteiger charge is -2.08. The molecule has 0 amide bonds. The zero-order valence-corrected chi connectivity index (χ0v) is 20.0. The fourth-order valence-corrected chi connectivity index (χ4v) is 3.91. The van der Waals surface area contributed by atoms with Crippen molar-refractivity contribution >= 4 is 35.1 Å². The summed E-state index contributed by atoms with van der Waals surface area (Å²) in [6, 6.07) is 10.5. The van der Waals surface area contributed by atoms with Gasteiger partial charge < -0.3 is 9.47 Å². The molecule has 0 spiro atoms. The van der Waals surface area contributed by atoms with Crippen LogP contribution in [0.5, 0.6) is 11.5 Å². The average Bonchev–Trinajstić information content (AvgIpc) is 2.76. The molecule has 0 bridgehead atoms. The van der Waals surface area contributed by atoms with Crippen molar-refractivity contribution in [1.29, 1.82) is 0 Å². The van der Waals surface area contributed by atoms with Crippen LogP contribution < -0.4 is 9.47 Å². The minimum Gasteiger partial charge on any atom is -0.495 e. The summed E-state index contributed by atoms with van der Waals surface area (Å²) >= 11 is 12.2. The molecule has 0 saturated carbocycles. The molecule has 0 saturated heterocycles. The molecule has 168 valence electrons. The summed E-state index contributed by atoms with van der Waals surface area (Å²) in [6.45, 7) is 2.95. The van der Waals surface area contributed by atoms with Gasteiger partial charge in [0.1, 0.15) is 11.5 Å². The van der Waals surface area contributed by atoms with E-state index in [0.29, 0.717) is 33.5 Å². The number of rotatable bonds is 14. The van der Waals surface area contributed by atoms with Gasteiger partial charge >= 0.3 is 0 Å². The lowest BCUT2D eigenvalue weighted by molar-refractivity contribution is 0.104. The van der Waals surface area contributed by atoms with Gasteiger partial charge in [-0.05, 0) is 55.0 Å². The van der Waals surface area contributed by atoms with E-state index in [9.17, 15) is 4.79 Å². The van der Waals surface area contributed by atoms with E-state index in [1.807, 2.05) is 12.1 Å². The highest BCUT2D eigenvalue weighted by atomic mass is 35.5. The molecule has 2 aromatic carbocycles. The molecule has 0 radical (unpaired) electrons. The van der Waals surface area contributed by atoms with Gasteiger partial charge in [0.25, 0.3) is 0 Å². The van der Waals surface area contributed by atoms with Gasteiger partial charge in [0, 0.05) is 16.1 Å². The fraction of sp³-hybridized carbons (Fsp3) is 0.423. The van der Waals surface area contributed by atoms with E-state index in [0.717, 1.165) is 12.2 Å². The van der Waals surface area contributed by atoms with Crippen LogP contribution in [-0.4, -0.2) is 19.5 Å². The largest absolute Gasteiger partial charge is 0.495 e. The summed E-state index contributed by atoms with van der Waals surface area (Å²) in [5.41, 5.74) is 1.24. The zero-order chi connectivity index (χ0) is 22.5. The molecule has 0 unspecified atom stereocenters. The smallest absolute Gasteiger partial charge is 0.185 e. The Balaban J connectivity index is 1.79. The van der Waals surface area contributed by atoms with Crippen molar-refractivity contribution in [2.45, 2.75) is 58.3 Å². The van der Waals surface area contributed by atoms with E-state index in [2.05, 4.69) is 6.92 Å². The van der Waals surface area contributed by atoms with Crippen molar-refractivity contribution in [2.24, 2.45) is 0 Å². The summed E-state index contributed by atoms with van der Waals surface area (Å²) in [6.07, 6.45) is 13.3. The Morgan fingerprint density at radius 2 is 1.58 bits per heavy atom. The number of hydrogen-bond acceptors (Lipinski definition) is 3. The van der Waals surface area contributed by atoms with Crippen LogP contribution in [0.25, 0.3) is 6.08 Å². The summed E-state index contributed by atoms with van der Waals surface area (Å²) in [5.74, 6) is 1.15. The Bertz CT molecular complexity index is 844. The highest BCUT2D eigenvalue weighted by Gasteiger charge is 2.09. The molecule has 31 heavy (non-hydrogen) atoms. The first-order valence-corrected chi connectivity index (χ1v) is 11.8. The maximum absolute atomic E-state index is 12.5. The third-order valence-corrected chi connectivity index (χ3v) is 5.56. The van der Waals surface area contributed by atoms with Gasteiger partial charge in [-0.15, -0.1) is 0 Å². The van der Waals surface area contributed by atoms with E-state index in [1.165, 1.54) is 58.1 Å². The molecule has 0 aromatic heterocycles. The number of unbranched alkanes of at least 4 members (excludes halogenated alkanes) is 7. The standard InChI is InChI=1S/C26H32Cl2O3/c1-3-4-5-6-7-8-9-10-17-31-23-14-11-20(12-15-23)25(29)16-13-21-18-22(27)19-24(28)26(21)30-2/h11-16,18-19H,3-10,17H2,1-2H3/b16-13+. The number of benzene rings is 2. The predicted octanol–water partition coefficient (Wildman–Crippen LogP) is 8.42. The molecular weight excluding hydrogens is 431 g/mol. The Hall–Kier alpha value is -1.97. The van der Waals surface area contributed by atoms with Crippen molar-refractivity contribution in [1.82, 2.24) is 0 Å². The molecule has 3 nitrogen and oxygen atoms in total. The van der Waals surface area contributed by atoms with Crippen molar-refractivity contribution in [3.05, 3.63) is 63.6 Å². The number of hydrogen-bond donors (Lipinski definition) is 0. The molecule has 0 N–H and O–H groups in total. The topological polar surface area (TPSA) is 35.5 Å². The number of carbonyl (C=O) groups excluding carboxylic acids is 1. The SMILES string of the molecule is CCCCCCCCCCOc1ccc(C(=O)/C=C/c2cc(Cl)cc(Cl)c2OC)cc1. The van der Waals surface area contributed by atoms with Gasteiger partial charge in [-0.2, -0.15) is 0 Å². The van der Waals surface area contributed by atoms with E-state index in [4.69, 9.17) is 32.7 Å². The molecule has 0 aliphatic rings. The van der Waals surface area contributed by atoms with Crippen LogP contribution in [0, 0.1) is 0 Å². The average molecular weight is 463 g/mol. The summed E-state index contributed by atoms with van der Waals surface area (Å²) < 4.78 is 11.1. The molecule has 5 heteroatoms. The number of carbonyl (C=O) groups is 1. The van der Waals surface area contributed by atoms with Gasteiger partial charge in [0.05, 0.1) is 18.7 Å². The van der Waals surface area contributed by atoms with E-state index in [-0.39, 0.29) is 5.78 Å². The highest BCUT2D eigenvalue weighted by Crippen LogP contribution is 2.33. The fourth-order valence-electron chi connectivity index (χ4n) is 3.32. The van der Waals surface area contributed by atoms with Crippen LogP contribution in [-0.2, 0) is 0 Å². The minimum absolute atomic E-state index is 0.118. The molecule has 2 aromatic rings. The second-order valence-corrected chi connectivity index (χ2v) is 8.40. The normalized spacial score (nSPS) is 11.1. The van der Waals surface area contributed by atoms with Gasteiger partial charge in [-0.3, -0.25) is 4.79 Å². The Labute approximate surface area is 196 Å². The molecule has 0 aliphatic heterocycles. The van der Waals surface area contributed by atoms with E-state index in [1.54, 1.807) is 30.3 Å². The summed E-state index contributed by atoms with van der Waals surface area (Å²) in [4.78, 5) is 12.5. The maximum atomic E-state index is 12.5. The Kier molecular flexibility index (Phi) is 11.6. The second-order valence-electron chi connectivity index (χ2n) is 7.56. The Morgan fingerprint density at radius 3 is 2.23 bits per heavy atom. The first-order valence-electron chi connectivity index (χ1n) is 11.0. The second kappa shape index (κ2) is 14.2. The van der Waals surface area contributed by atoms with Crippen molar-refractivity contribution in [3.8, 4) is 11.5 Å². The third-order valence-electron chi connectivity index (χ3n) is 5.06. The van der Waals surface area contributed by atoms with Crippen molar-refractivity contribution in [2.75, 3.05) is 13.7 Å². The summed E-state index contributed by atoms with van der Waals surface area (Å²) in [7, 11) is 1.53. The molecule has 2 rings (SSSR count). The predicted molar refractivity (Wildman–Crippen MR) is 131 cm³/mol. The van der Waals surface area contributed by atoms with E-state index < -0.39 is 0 Å². The van der Waals surface area contributed by atoms with Gasteiger partial charge in [-0.25, -0.2) is 0 Å². The van der Waals surface area contributed by atoms with Gasteiger partial charge in [0.15, 0.2) is 5.78 Å². The minimum atomic E-state index is -0.118. The van der Waals surface area contributed by atoms with Crippen LogP contribution in [0.3, 0.4) is 0 Å². The lowest BCUT2D eigenvalue weighted by Crippen LogP contribution is -1.99. The highest BCUT2D eigenvalue weighted by molar-refractivity contribution is 6.36. The lowest BCUT2D eigenvalue weighted by atomic mass is 10.1. The van der Waals surface area contributed by atoms with Crippen LogP contribution in [0.15, 0.2) is 42.5 Å². The van der Waals surface area contributed by atoms with Crippen LogP contribution in [0.4, 0.5) is 0 Å². The number of allylic oxidation sites excluding steroid dienone is 1. The molecule has 0 fully saturated rings. The molecule has 0 atom stereocenters. The quantitative estimate of drug-likeness (QED) is 0.160. The number of methoxy groups -OCH3 is 1.